The van der Waals surface area contributed by atoms with E-state index in [1.165, 1.54) is 0 Å². The van der Waals surface area contributed by atoms with Crippen molar-refractivity contribution in [2.75, 3.05) is 6.61 Å². The van der Waals surface area contributed by atoms with E-state index in [0.717, 1.165) is 12.4 Å². The molecular formula is C14H24N3O+. The first-order chi connectivity index (χ1) is 8.36. The molecule has 0 amide bonds. The molecule has 0 radical (unpaired) electrons. The Balaban J connectivity index is 2.02. The lowest BCUT2D eigenvalue weighted by Crippen LogP contribution is -2.36. The largest absolute Gasteiger partial charge is 0.476 e. The summed E-state index contributed by atoms with van der Waals surface area (Å²) >= 11 is 0. The molecule has 4 nitrogen and oxygen atoms in total. The van der Waals surface area contributed by atoms with E-state index in [-0.39, 0.29) is 11.5 Å². The van der Waals surface area contributed by atoms with Gasteiger partial charge in [-0.2, -0.15) is 0 Å². The van der Waals surface area contributed by atoms with Gasteiger partial charge < -0.3 is 4.74 Å². The van der Waals surface area contributed by atoms with Gasteiger partial charge in [0.2, 0.25) is 12.2 Å². The number of aliphatic imine (C=N–C) groups is 1. The standard InChI is InChI=1S/C14H24N3O/c1-11(2)17-7-6-16(10-17)8-13-15-12(9-18-13)14(3,4)5/h6-7,10-12H,8-9H2,1-5H3/q+1/t12-/m1/s1. The number of ether oxygens (including phenoxy) is 1. The van der Waals surface area contributed by atoms with Gasteiger partial charge in [-0.1, -0.05) is 20.8 Å². The summed E-state index contributed by atoms with van der Waals surface area (Å²) in [4.78, 5) is 4.67. The second-order valence-corrected chi connectivity index (χ2v) is 6.34. The monoisotopic (exact) mass is 250 g/mol. The van der Waals surface area contributed by atoms with Crippen LogP contribution in [0.1, 0.15) is 40.7 Å². The van der Waals surface area contributed by atoms with Gasteiger partial charge in [0, 0.05) is 0 Å². The van der Waals surface area contributed by atoms with Crippen LogP contribution in [0.5, 0.6) is 0 Å². The van der Waals surface area contributed by atoms with Crippen molar-refractivity contribution >= 4 is 5.90 Å². The van der Waals surface area contributed by atoms with Crippen LogP contribution in [-0.4, -0.2) is 23.1 Å². The Labute approximate surface area is 109 Å². The average Bonchev–Trinajstić information content (AvgIpc) is 2.85. The predicted octanol–water partition coefficient (Wildman–Crippen LogP) is 2.20. The second-order valence-electron chi connectivity index (χ2n) is 6.34. The van der Waals surface area contributed by atoms with Crippen molar-refractivity contribution in [3.63, 3.8) is 0 Å². The Bertz CT molecular complexity index is 440. The van der Waals surface area contributed by atoms with Crippen LogP contribution in [0.15, 0.2) is 23.7 Å². The van der Waals surface area contributed by atoms with Gasteiger partial charge in [-0.25, -0.2) is 14.1 Å². The maximum atomic E-state index is 5.69. The van der Waals surface area contributed by atoms with Gasteiger partial charge in [0.25, 0.3) is 0 Å². The molecule has 0 N–H and O–H groups in total. The molecule has 2 rings (SSSR count). The number of aromatic nitrogens is 2. The zero-order chi connectivity index (χ0) is 13.3. The van der Waals surface area contributed by atoms with Crippen LogP contribution in [0.2, 0.25) is 0 Å². The molecule has 0 spiro atoms. The van der Waals surface area contributed by atoms with Crippen LogP contribution >= 0.6 is 0 Å². The highest BCUT2D eigenvalue weighted by molar-refractivity contribution is 5.76. The Hall–Kier alpha value is -1.32. The summed E-state index contributed by atoms with van der Waals surface area (Å²) in [6.45, 7) is 12.4. The van der Waals surface area contributed by atoms with Gasteiger partial charge in [0.05, 0.1) is 12.1 Å². The van der Waals surface area contributed by atoms with E-state index in [4.69, 9.17) is 4.74 Å². The molecule has 0 bridgehead atoms. The summed E-state index contributed by atoms with van der Waals surface area (Å²) in [5.74, 6) is 0.849. The van der Waals surface area contributed by atoms with Gasteiger partial charge in [-0.3, -0.25) is 0 Å². The van der Waals surface area contributed by atoms with Gasteiger partial charge in [0.1, 0.15) is 19.0 Å². The lowest BCUT2D eigenvalue weighted by atomic mass is 9.88. The number of rotatable bonds is 3. The fourth-order valence-electron chi connectivity index (χ4n) is 1.92. The molecule has 1 aromatic rings. The molecule has 1 atom stereocenters. The summed E-state index contributed by atoms with van der Waals surface area (Å²) in [7, 11) is 0. The molecule has 0 saturated heterocycles. The summed E-state index contributed by atoms with van der Waals surface area (Å²) in [5, 5.41) is 0. The first-order valence-corrected chi connectivity index (χ1v) is 6.62. The summed E-state index contributed by atoms with van der Waals surface area (Å²) in [6.07, 6.45) is 6.25. The van der Waals surface area contributed by atoms with Gasteiger partial charge in [-0.15, -0.1) is 0 Å². The van der Waals surface area contributed by atoms with Gasteiger partial charge in [0.15, 0.2) is 6.54 Å². The molecule has 100 valence electrons. The Morgan fingerprint density at radius 2 is 2.22 bits per heavy atom. The van der Waals surface area contributed by atoms with Crippen LogP contribution in [0.4, 0.5) is 0 Å². The van der Waals surface area contributed by atoms with Crippen molar-refractivity contribution in [3.05, 3.63) is 18.7 Å². The minimum atomic E-state index is 0.177. The minimum absolute atomic E-state index is 0.177. The van der Waals surface area contributed by atoms with Crippen molar-refractivity contribution in [1.29, 1.82) is 0 Å². The Kier molecular flexibility index (Phi) is 3.46. The predicted molar refractivity (Wildman–Crippen MR) is 71.6 cm³/mol. The maximum absolute atomic E-state index is 5.69. The maximum Gasteiger partial charge on any atom is 0.244 e. The molecule has 0 unspecified atom stereocenters. The first kappa shape index (κ1) is 13.1. The molecule has 18 heavy (non-hydrogen) atoms. The summed E-state index contributed by atoms with van der Waals surface area (Å²) < 4.78 is 9.98. The molecule has 2 heterocycles. The minimum Gasteiger partial charge on any atom is -0.476 e. The molecule has 0 aromatic carbocycles. The zero-order valence-corrected chi connectivity index (χ0v) is 12.1. The molecular weight excluding hydrogens is 226 g/mol. The van der Waals surface area contributed by atoms with E-state index in [9.17, 15) is 0 Å². The molecule has 1 aromatic heterocycles. The third kappa shape index (κ3) is 2.92. The van der Waals surface area contributed by atoms with Crippen LogP contribution in [0, 0.1) is 5.41 Å². The van der Waals surface area contributed by atoms with Crippen LogP contribution in [-0.2, 0) is 11.3 Å². The fourth-order valence-corrected chi connectivity index (χ4v) is 1.92. The Morgan fingerprint density at radius 1 is 1.50 bits per heavy atom. The fraction of sp³-hybridized carbons (Fsp3) is 0.714. The van der Waals surface area contributed by atoms with E-state index in [1.807, 2.05) is 0 Å². The van der Waals surface area contributed by atoms with Crippen molar-refractivity contribution < 1.29 is 9.30 Å². The van der Waals surface area contributed by atoms with E-state index >= 15 is 0 Å². The van der Waals surface area contributed by atoms with Crippen LogP contribution in [0.3, 0.4) is 0 Å². The lowest BCUT2D eigenvalue weighted by molar-refractivity contribution is -0.682. The SMILES string of the molecule is CC(C)n1cc[n+](CC2=N[C@@H](C(C)(C)C)CO2)c1. The van der Waals surface area contributed by atoms with Crippen molar-refractivity contribution in [3.8, 4) is 0 Å². The van der Waals surface area contributed by atoms with Crippen LogP contribution in [0.25, 0.3) is 0 Å². The molecule has 0 fully saturated rings. The number of nitrogens with zero attached hydrogens (tertiary/aromatic N) is 3. The highest BCUT2D eigenvalue weighted by Gasteiger charge is 2.30. The third-order valence-corrected chi connectivity index (χ3v) is 3.33. The Morgan fingerprint density at radius 3 is 2.72 bits per heavy atom. The first-order valence-electron chi connectivity index (χ1n) is 6.62. The second kappa shape index (κ2) is 4.75. The highest BCUT2D eigenvalue weighted by Crippen LogP contribution is 2.25. The molecule has 1 aliphatic rings. The smallest absolute Gasteiger partial charge is 0.244 e. The van der Waals surface area contributed by atoms with E-state index in [2.05, 4.69) is 67.5 Å². The van der Waals surface area contributed by atoms with Gasteiger partial charge in [-0.05, 0) is 19.3 Å². The molecule has 0 saturated carbocycles. The summed E-state index contributed by atoms with van der Waals surface area (Å²) in [6, 6.07) is 0.764. The van der Waals surface area contributed by atoms with Crippen LogP contribution < -0.4 is 4.57 Å². The van der Waals surface area contributed by atoms with E-state index < -0.39 is 0 Å². The average molecular weight is 250 g/mol. The van der Waals surface area contributed by atoms with E-state index in [1.54, 1.807) is 0 Å². The lowest BCUT2D eigenvalue weighted by Gasteiger charge is -2.21. The quantitative estimate of drug-likeness (QED) is 0.756. The highest BCUT2D eigenvalue weighted by atomic mass is 16.5. The molecule has 1 aliphatic heterocycles. The summed E-state index contributed by atoms with van der Waals surface area (Å²) in [5.41, 5.74) is 0.177. The van der Waals surface area contributed by atoms with Crippen molar-refractivity contribution in [2.45, 2.75) is 53.2 Å². The van der Waals surface area contributed by atoms with Crippen molar-refractivity contribution in [1.82, 2.24) is 4.57 Å². The molecule has 0 aliphatic carbocycles. The third-order valence-electron chi connectivity index (χ3n) is 3.33. The number of imidazole rings is 1. The zero-order valence-electron chi connectivity index (χ0n) is 12.1. The van der Waals surface area contributed by atoms with Crippen molar-refractivity contribution in [2.24, 2.45) is 10.4 Å². The van der Waals surface area contributed by atoms with Gasteiger partial charge >= 0.3 is 0 Å². The number of hydrogen-bond acceptors (Lipinski definition) is 2. The normalized spacial score (nSPS) is 20.1. The molecule has 4 heteroatoms. The van der Waals surface area contributed by atoms with E-state index in [0.29, 0.717) is 12.6 Å². The topological polar surface area (TPSA) is 30.4 Å². The number of hydrogen-bond donors (Lipinski definition) is 0.